The minimum Gasteiger partial charge on any atom is -0.352 e. The number of aryl methyl sites for hydroxylation is 1. The highest BCUT2D eigenvalue weighted by Crippen LogP contribution is 2.37. The van der Waals surface area contributed by atoms with Crippen LogP contribution in [-0.2, 0) is 19.6 Å². The fraction of sp³-hybridized carbons (Fsp3) is 0.417. The second kappa shape index (κ2) is 12.4. The molecule has 0 spiro atoms. The van der Waals surface area contributed by atoms with Gasteiger partial charge in [-0.15, -0.1) is 0 Å². The van der Waals surface area contributed by atoms with E-state index in [1.807, 2.05) is 0 Å². The van der Waals surface area contributed by atoms with Crippen LogP contribution in [0.15, 0.2) is 28.9 Å². The molecular weight excluding hydrogens is 555 g/mol. The van der Waals surface area contributed by atoms with Crippen LogP contribution in [0, 0.1) is 0 Å². The smallest absolute Gasteiger partial charge is 0.352 e. The van der Waals surface area contributed by atoms with Gasteiger partial charge in [-0.05, 0) is 59.9 Å². The Balaban J connectivity index is 1.71. The van der Waals surface area contributed by atoms with E-state index >= 15 is 0 Å². The van der Waals surface area contributed by atoms with Crippen molar-refractivity contribution in [3.8, 4) is 11.3 Å². The minimum atomic E-state index is -4.67. The molecule has 5 N–H and O–H groups in total. The van der Waals surface area contributed by atoms with Gasteiger partial charge in [0, 0.05) is 29.4 Å². The predicted octanol–water partition coefficient (Wildman–Crippen LogP) is 4.66. The van der Waals surface area contributed by atoms with Gasteiger partial charge in [-0.25, -0.2) is 4.98 Å². The number of carbonyl (C=O) groups excluding carboxylic acids is 2. The van der Waals surface area contributed by atoms with E-state index in [1.54, 1.807) is 25.1 Å². The number of hydrogen-bond acceptors (Lipinski definition) is 5. The van der Waals surface area contributed by atoms with Crippen LogP contribution in [0.1, 0.15) is 65.0 Å². The van der Waals surface area contributed by atoms with Crippen LogP contribution in [0.3, 0.4) is 0 Å². The number of H-pyrrole nitrogens is 1. The van der Waals surface area contributed by atoms with Gasteiger partial charge in [-0.2, -0.15) is 18.3 Å². The monoisotopic (exact) mass is 583 g/mol. The van der Waals surface area contributed by atoms with Gasteiger partial charge < -0.3 is 20.9 Å². The molecule has 200 valence electrons. The summed E-state index contributed by atoms with van der Waals surface area (Å²) in [6.07, 6.45) is 0.650. The molecule has 0 radical (unpaired) electrons. The van der Waals surface area contributed by atoms with Crippen molar-refractivity contribution in [3.63, 3.8) is 0 Å². The van der Waals surface area contributed by atoms with Crippen molar-refractivity contribution in [1.29, 1.82) is 0 Å². The van der Waals surface area contributed by atoms with Gasteiger partial charge >= 0.3 is 6.18 Å². The number of nitrogens with one attached hydrogen (secondary N) is 3. The first-order valence-electron chi connectivity index (χ1n) is 11.8. The zero-order chi connectivity index (χ0) is 27.2. The van der Waals surface area contributed by atoms with Crippen molar-refractivity contribution in [2.24, 2.45) is 12.8 Å². The Hall–Kier alpha value is -3.19. The lowest BCUT2D eigenvalue weighted by molar-refractivity contribution is -0.140. The van der Waals surface area contributed by atoms with E-state index in [-0.39, 0.29) is 35.1 Å². The molecule has 0 aliphatic heterocycles. The number of alkyl halides is 3. The predicted molar refractivity (Wildman–Crippen MR) is 137 cm³/mol. The maximum absolute atomic E-state index is 13.5. The van der Waals surface area contributed by atoms with Gasteiger partial charge in [0.25, 0.3) is 11.8 Å². The molecule has 0 saturated carbocycles. The van der Waals surface area contributed by atoms with Crippen LogP contribution in [0.25, 0.3) is 11.3 Å². The highest BCUT2D eigenvalue weighted by Gasteiger charge is 2.39. The third-order valence-corrected chi connectivity index (χ3v) is 6.45. The van der Waals surface area contributed by atoms with Crippen molar-refractivity contribution in [2.75, 3.05) is 18.4 Å². The van der Waals surface area contributed by atoms with Crippen molar-refractivity contribution >= 4 is 33.4 Å². The average Bonchev–Trinajstić information content (AvgIpc) is 3.44. The van der Waals surface area contributed by atoms with Crippen LogP contribution >= 0.6 is 15.9 Å². The van der Waals surface area contributed by atoms with Crippen LogP contribution in [0.5, 0.6) is 0 Å². The van der Waals surface area contributed by atoms with Crippen LogP contribution in [0.4, 0.5) is 18.9 Å². The Bertz CT molecular complexity index is 1250. The van der Waals surface area contributed by atoms with E-state index in [4.69, 9.17) is 5.73 Å². The normalized spacial score (nSPS) is 11.5. The summed E-state index contributed by atoms with van der Waals surface area (Å²) in [6, 6.07) is 4.71. The molecule has 2 aromatic heterocycles. The highest BCUT2D eigenvalue weighted by molar-refractivity contribution is 9.10. The number of aromatic amines is 1. The Morgan fingerprint density at radius 3 is 2.54 bits per heavy atom. The van der Waals surface area contributed by atoms with Crippen LogP contribution < -0.4 is 16.4 Å². The van der Waals surface area contributed by atoms with E-state index in [0.29, 0.717) is 28.8 Å². The molecule has 1 aromatic carbocycles. The molecule has 0 atom stereocenters. The number of rotatable bonds is 11. The van der Waals surface area contributed by atoms with Gasteiger partial charge in [0.1, 0.15) is 0 Å². The molecule has 13 heteroatoms. The SMILES string of the molecule is CCc1[nH]nc(C(F)(F)F)c1-c1cnc(C(=O)Nc2ccc(C(=O)NCCCCCCN)c(Br)c2)n1C. The summed E-state index contributed by atoms with van der Waals surface area (Å²) in [4.78, 5) is 29.4. The van der Waals surface area contributed by atoms with E-state index in [2.05, 4.69) is 41.7 Å². The summed E-state index contributed by atoms with van der Waals surface area (Å²) >= 11 is 3.36. The molecule has 0 bridgehead atoms. The number of nitrogens with zero attached hydrogens (tertiary/aromatic N) is 3. The van der Waals surface area contributed by atoms with E-state index in [0.717, 1.165) is 25.7 Å². The average molecular weight is 584 g/mol. The van der Waals surface area contributed by atoms with Gasteiger partial charge in [0.2, 0.25) is 0 Å². The fourth-order valence-corrected chi connectivity index (χ4v) is 4.41. The maximum atomic E-state index is 13.5. The zero-order valence-corrected chi connectivity index (χ0v) is 22.1. The molecule has 2 amide bonds. The van der Waals surface area contributed by atoms with Crippen molar-refractivity contribution < 1.29 is 22.8 Å². The zero-order valence-electron chi connectivity index (χ0n) is 20.5. The number of nitrogens with two attached hydrogens (primary N) is 1. The highest BCUT2D eigenvalue weighted by atomic mass is 79.9. The molecule has 0 saturated heterocycles. The van der Waals surface area contributed by atoms with Crippen molar-refractivity contribution in [3.05, 3.63) is 51.6 Å². The number of halogens is 4. The second-order valence-electron chi connectivity index (χ2n) is 8.41. The molecule has 0 aliphatic carbocycles. The first-order chi connectivity index (χ1) is 17.6. The lowest BCUT2D eigenvalue weighted by Crippen LogP contribution is -2.25. The summed E-state index contributed by atoms with van der Waals surface area (Å²) in [6.45, 7) is 2.90. The van der Waals surface area contributed by atoms with Crippen molar-refractivity contribution in [1.82, 2.24) is 25.1 Å². The maximum Gasteiger partial charge on any atom is 0.435 e. The number of unbranched alkanes of at least 4 members (excludes halogenated alkanes) is 3. The van der Waals surface area contributed by atoms with Gasteiger partial charge in [0.15, 0.2) is 11.5 Å². The van der Waals surface area contributed by atoms with Crippen molar-refractivity contribution in [2.45, 2.75) is 45.2 Å². The molecule has 2 heterocycles. The van der Waals surface area contributed by atoms with Crippen LogP contribution in [-0.4, -0.2) is 44.7 Å². The number of amides is 2. The quantitative estimate of drug-likeness (QED) is 0.244. The first kappa shape index (κ1) is 28.4. The number of anilines is 1. The topological polar surface area (TPSA) is 131 Å². The van der Waals surface area contributed by atoms with E-state index < -0.39 is 17.8 Å². The molecule has 0 aliphatic rings. The molecule has 37 heavy (non-hydrogen) atoms. The third-order valence-electron chi connectivity index (χ3n) is 5.80. The largest absolute Gasteiger partial charge is 0.435 e. The molecule has 0 fully saturated rings. The number of aromatic nitrogens is 4. The summed E-state index contributed by atoms with van der Waals surface area (Å²) in [5.41, 5.74) is 5.46. The summed E-state index contributed by atoms with van der Waals surface area (Å²) in [5.74, 6) is -0.950. The molecule has 9 nitrogen and oxygen atoms in total. The lowest BCUT2D eigenvalue weighted by Gasteiger charge is -2.11. The Labute approximate surface area is 220 Å². The first-order valence-corrected chi connectivity index (χ1v) is 12.6. The summed E-state index contributed by atoms with van der Waals surface area (Å²) in [7, 11) is 1.46. The van der Waals surface area contributed by atoms with Gasteiger partial charge in [-0.3, -0.25) is 14.7 Å². The number of carbonyl (C=O) groups is 2. The Morgan fingerprint density at radius 2 is 1.89 bits per heavy atom. The molecule has 3 aromatic rings. The Morgan fingerprint density at radius 1 is 1.16 bits per heavy atom. The number of hydrogen-bond donors (Lipinski definition) is 4. The summed E-state index contributed by atoms with van der Waals surface area (Å²) < 4.78 is 42.3. The van der Waals surface area contributed by atoms with Gasteiger partial charge in [0.05, 0.1) is 23.0 Å². The number of benzene rings is 1. The Kier molecular flexibility index (Phi) is 9.49. The third kappa shape index (κ3) is 6.77. The molecular formula is C24H29BrF3N7O2. The van der Waals surface area contributed by atoms with Crippen LogP contribution in [0.2, 0.25) is 0 Å². The summed E-state index contributed by atoms with van der Waals surface area (Å²) in [5, 5.41) is 11.4. The fourth-order valence-electron chi connectivity index (χ4n) is 3.85. The standard InChI is InChI=1S/C24H29BrF3N7O2/c1-3-17-19(20(34-33-17)24(26,27)28)18-13-31-21(35(18)2)23(37)32-14-8-9-15(16(25)12-14)22(36)30-11-7-5-4-6-10-29/h8-9,12-13H,3-7,10-11,29H2,1-2H3,(H,30,36)(H,32,37)(H,33,34). The molecule has 0 unspecified atom stereocenters. The second-order valence-corrected chi connectivity index (χ2v) is 9.27. The minimum absolute atomic E-state index is 0.0843. The van der Waals surface area contributed by atoms with E-state index in [9.17, 15) is 22.8 Å². The van der Waals surface area contributed by atoms with E-state index in [1.165, 1.54) is 17.8 Å². The molecule has 3 rings (SSSR count). The lowest BCUT2D eigenvalue weighted by atomic mass is 10.1. The number of imidazole rings is 1. The van der Waals surface area contributed by atoms with Gasteiger partial charge in [-0.1, -0.05) is 19.8 Å².